The summed E-state index contributed by atoms with van der Waals surface area (Å²) in [6.45, 7) is 0. The van der Waals surface area contributed by atoms with Gasteiger partial charge in [0.1, 0.15) is 0 Å². The molecule has 0 saturated heterocycles. The highest BCUT2D eigenvalue weighted by Gasteiger charge is 2.33. The van der Waals surface area contributed by atoms with Crippen LogP contribution < -0.4 is 10.4 Å². The van der Waals surface area contributed by atoms with Crippen LogP contribution in [-0.2, 0) is 6.18 Å². The van der Waals surface area contributed by atoms with Gasteiger partial charge in [0.2, 0.25) is 0 Å². The lowest BCUT2D eigenvalue weighted by molar-refractivity contribution is -0.137. The third-order valence-electron chi connectivity index (χ3n) is 1.83. The molecule has 0 aromatic heterocycles. The van der Waals surface area contributed by atoms with Gasteiger partial charge in [-0.05, 0) is 39.8 Å². The van der Waals surface area contributed by atoms with Crippen LogP contribution in [0.25, 0.3) is 0 Å². The minimum Gasteiger partial charge on any atom is -0.347 e. The Morgan fingerprint density at radius 2 is 2.06 bits per heavy atom. The zero-order chi connectivity index (χ0) is 13.1. The zero-order valence-corrected chi connectivity index (χ0v) is 10.3. The van der Waals surface area contributed by atoms with Crippen molar-refractivity contribution in [3.05, 3.63) is 29.3 Å². The predicted octanol–water partition coefficient (Wildman–Crippen LogP) is 2.65. The fraction of sp³-hybridized carbons (Fsp3) is 0.111. The highest BCUT2D eigenvalue weighted by molar-refractivity contribution is 7.80. The molecule has 0 saturated carbocycles. The molecule has 0 fully saturated rings. The second-order valence-electron chi connectivity index (χ2n) is 2.97. The van der Waals surface area contributed by atoms with E-state index in [9.17, 15) is 13.2 Å². The molecule has 0 radical (unpaired) electrons. The van der Waals surface area contributed by atoms with E-state index in [1.807, 2.05) is 0 Å². The molecule has 0 amide bonds. The average Bonchev–Trinajstić information content (AvgIpc) is 2.27. The Kier molecular flexibility index (Phi) is 4.27. The molecule has 17 heavy (non-hydrogen) atoms. The van der Waals surface area contributed by atoms with Gasteiger partial charge in [0.25, 0.3) is 0 Å². The number of nitrogens with zero attached hydrogens (tertiary/aromatic N) is 1. The summed E-state index contributed by atoms with van der Waals surface area (Å²) >= 11 is 4.75. The molecule has 90 valence electrons. The van der Waals surface area contributed by atoms with Crippen molar-refractivity contribution in [1.29, 1.82) is 5.26 Å². The first-order valence-electron chi connectivity index (χ1n) is 4.27. The van der Waals surface area contributed by atoms with Crippen LogP contribution in [0.4, 0.5) is 18.9 Å². The van der Waals surface area contributed by atoms with E-state index in [1.54, 1.807) is 0 Å². The standard InChI is InChI=1S/C9H7F3N3PS/c10-9(11,12)7-3-6(14-8(17)15-16)2-1-5(7)4-13/h1-3H,16H2,(H2,14,15,17). The number of benzene rings is 1. The minimum atomic E-state index is -4.57. The molecule has 1 atom stereocenters. The Morgan fingerprint density at radius 1 is 1.41 bits per heavy atom. The molecule has 0 aliphatic rings. The summed E-state index contributed by atoms with van der Waals surface area (Å²) in [5, 5.41) is 13.8. The van der Waals surface area contributed by atoms with Gasteiger partial charge in [-0.25, -0.2) is 0 Å². The Balaban J connectivity index is 3.15. The van der Waals surface area contributed by atoms with Gasteiger partial charge in [0, 0.05) is 5.69 Å². The first-order valence-corrected chi connectivity index (χ1v) is 5.26. The number of rotatable bonds is 1. The van der Waals surface area contributed by atoms with E-state index in [0.29, 0.717) is 0 Å². The molecular formula is C9H7F3N3PS. The van der Waals surface area contributed by atoms with Crippen molar-refractivity contribution in [3.8, 4) is 6.07 Å². The van der Waals surface area contributed by atoms with Crippen LogP contribution in [0.15, 0.2) is 18.2 Å². The average molecular weight is 277 g/mol. The van der Waals surface area contributed by atoms with Gasteiger partial charge in [-0.2, -0.15) is 18.4 Å². The maximum atomic E-state index is 12.6. The van der Waals surface area contributed by atoms with Crippen LogP contribution in [-0.4, -0.2) is 5.11 Å². The number of nitriles is 1. The molecular weight excluding hydrogens is 270 g/mol. The first kappa shape index (κ1) is 13.7. The fourth-order valence-electron chi connectivity index (χ4n) is 1.12. The lowest BCUT2D eigenvalue weighted by atomic mass is 10.1. The van der Waals surface area contributed by atoms with Crippen molar-refractivity contribution in [1.82, 2.24) is 5.09 Å². The predicted molar refractivity (Wildman–Crippen MR) is 65.2 cm³/mol. The number of nitrogens with one attached hydrogen (secondary N) is 2. The largest absolute Gasteiger partial charge is 0.417 e. The summed E-state index contributed by atoms with van der Waals surface area (Å²) in [4.78, 5) is 0. The third kappa shape index (κ3) is 3.55. The van der Waals surface area contributed by atoms with Crippen LogP contribution in [0.3, 0.4) is 0 Å². The van der Waals surface area contributed by atoms with Crippen molar-refractivity contribution in [2.45, 2.75) is 6.18 Å². The van der Waals surface area contributed by atoms with Gasteiger partial charge in [-0.3, -0.25) is 0 Å². The Bertz CT molecular complexity index is 481. The smallest absolute Gasteiger partial charge is 0.347 e. The first-order chi connectivity index (χ1) is 7.88. The van der Waals surface area contributed by atoms with Gasteiger partial charge >= 0.3 is 6.18 Å². The summed E-state index contributed by atoms with van der Waals surface area (Å²) in [5.41, 5.74) is -1.25. The van der Waals surface area contributed by atoms with E-state index < -0.39 is 17.3 Å². The van der Waals surface area contributed by atoms with Gasteiger partial charge in [0.15, 0.2) is 5.11 Å². The highest BCUT2D eigenvalue weighted by Crippen LogP contribution is 2.33. The summed E-state index contributed by atoms with van der Waals surface area (Å²) in [6, 6.07) is 4.78. The van der Waals surface area contributed by atoms with Crippen molar-refractivity contribution < 1.29 is 13.2 Å². The van der Waals surface area contributed by atoms with E-state index >= 15 is 0 Å². The highest BCUT2D eigenvalue weighted by atomic mass is 32.1. The lowest BCUT2D eigenvalue weighted by Crippen LogP contribution is -2.20. The van der Waals surface area contributed by atoms with Crippen molar-refractivity contribution in [2.24, 2.45) is 0 Å². The summed E-state index contributed by atoms with van der Waals surface area (Å²) in [5.74, 6) is 0. The summed E-state index contributed by atoms with van der Waals surface area (Å²) < 4.78 is 37.8. The number of hydrogen-bond acceptors (Lipinski definition) is 2. The van der Waals surface area contributed by atoms with Crippen molar-refractivity contribution in [2.75, 3.05) is 5.32 Å². The Hall–Kier alpha value is -1.38. The molecule has 1 unspecified atom stereocenters. The van der Waals surface area contributed by atoms with E-state index in [1.165, 1.54) is 12.1 Å². The summed E-state index contributed by atoms with van der Waals surface area (Å²) in [7, 11) is 2.12. The number of alkyl halides is 3. The minimum absolute atomic E-state index is 0.160. The van der Waals surface area contributed by atoms with Gasteiger partial charge < -0.3 is 10.4 Å². The molecule has 1 rings (SSSR count). The lowest BCUT2D eigenvalue weighted by Gasteiger charge is -2.12. The van der Waals surface area contributed by atoms with Gasteiger partial charge in [-0.1, -0.05) is 0 Å². The molecule has 0 heterocycles. The Labute approximate surface area is 103 Å². The molecule has 3 nitrogen and oxygen atoms in total. The van der Waals surface area contributed by atoms with Gasteiger partial charge in [0.05, 0.1) is 17.2 Å². The number of halogens is 3. The number of hydrogen-bond donors (Lipinski definition) is 2. The second-order valence-corrected chi connectivity index (χ2v) is 3.67. The maximum Gasteiger partial charge on any atom is 0.417 e. The SMILES string of the molecule is N#Cc1ccc(NC(=S)NP)cc1C(F)(F)F. The monoisotopic (exact) mass is 277 g/mol. The van der Waals surface area contributed by atoms with E-state index in [2.05, 4.69) is 19.8 Å². The molecule has 0 aliphatic carbocycles. The van der Waals surface area contributed by atoms with E-state index in [0.717, 1.165) is 12.1 Å². The molecule has 2 N–H and O–H groups in total. The van der Waals surface area contributed by atoms with Crippen LogP contribution in [0.2, 0.25) is 0 Å². The Morgan fingerprint density at radius 3 is 2.53 bits per heavy atom. The molecule has 1 aromatic rings. The molecule has 1 aromatic carbocycles. The van der Waals surface area contributed by atoms with Crippen molar-refractivity contribution in [3.63, 3.8) is 0 Å². The van der Waals surface area contributed by atoms with Crippen LogP contribution in [0, 0.1) is 11.3 Å². The van der Waals surface area contributed by atoms with Crippen molar-refractivity contribution >= 4 is 32.4 Å². The van der Waals surface area contributed by atoms with Gasteiger partial charge in [-0.15, -0.1) is 0 Å². The van der Waals surface area contributed by atoms with E-state index in [4.69, 9.17) is 17.5 Å². The van der Waals surface area contributed by atoms with Crippen LogP contribution in [0.1, 0.15) is 11.1 Å². The van der Waals surface area contributed by atoms with E-state index in [-0.39, 0.29) is 10.8 Å². The van der Waals surface area contributed by atoms with Crippen LogP contribution >= 0.6 is 21.6 Å². The maximum absolute atomic E-state index is 12.6. The molecule has 0 bridgehead atoms. The summed E-state index contributed by atoms with van der Waals surface area (Å²) in [6.07, 6.45) is -4.57. The third-order valence-corrected chi connectivity index (χ3v) is 2.55. The zero-order valence-electron chi connectivity index (χ0n) is 8.30. The quantitative estimate of drug-likeness (QED) is 0.612. The number of anilines is 1. The molecule has 0 aliphatic heterocycles. The topological polar surface area (TPSA) is 47.9 Å². The van der Waals surface area contributed by atoms with Crippen LogP contribution in [0.5, 0.6) is 0 Å². The second kappa shape index (κ2) is 5.30. The normalized spacial score (nSPS) is 10.5. The number of thiocarbonyl (C=S) groups is 1. The molecule has 0 spiro atoms. The molecule has 8 heteroatoms. The fourth-order valence-corrected chi connectivity index (χ4v) is 1.31.